The van der Waals surface area contributed by atoms with Crippen LogP contribution in [0.2, 0.25) is 0 Å². The fourth-order valence-electron chi connectivity index (χ4n) is 2.52. The molecule has 0 bridgehead atoms. The average molecular weight is 394 g/mol. The minimum absolute atomic E-state index is 0.140. The van der Waals surface area contributed by atoms with Crippen molar-refractivity contribution in [3.8, 4) is 11.8 Å². The first-order chi connectivity index (χ1) is 13.8. The van der Waals surface area contributed by atoms with E-state index in [1.807, 2.05) is 0 Å². The number of rotatable bonds is 4. The summed E-state index contributed by atoms with van der Waals surface area (Å²) in [6, 6.07) is 17.2. The van der Waals surface area contributed by atoms with Crippen LogP contribution in [-0.2, 0) is 0 Å². The Bertz CT molecular complexity index is 1090. The minimum atomic E-state index is -3.83. The topological polar surface area (TPSA) is 17.1 Å². The van der Waals surface area contributed by atoms with E-state index in [0.29, 0.717) is 11.6 Å². The molecule has 0 unspecified atom stereocenters. The zero-order chi connectivity index (χ0) is 20.9. The molecule has 29 heavy (non-hydrogen) atoms. The molecule has 0 radical (unpaired) electrons. The van der Waals surface area contributed by atoms with Gasteiger partial charge in [0, 0.05) is 22.8 Å². The molecule has 0 aliphatic rings. The van der Waals surface area contributed by atoms with Crippen molar-refractivity contribution in [2.75, 3.05) is 0 Å². The highest BCUT2D eigenvalue weighted by atomic mass is 19.3. The van der Waals surface area contributed by atoms with Crippen molar-refractivity contribution in [1.29, 1.82) is 0 Å². The number of hydrogen-bond donors (Lipinski definition) is 0. The lowest BCUT2D eigenvalue weighted by atomic mass is 9.99. The van der Waals surface area contributed by atoms with Crippen molar-refractivity contribution < 1.29 is 22.4 Å². The molecule has 0 saturated carbocycles. The lowest BCUT2D eigenvalue weighted by Gasteiger charge is -2.12. The van der Waals surface area contributed by atoms with Crippen LogP contribution in [0.3, 0.4) is 0 Å². The summed E-state index contributed by atoms with van der Waals surface area (Å²) in [6.45, 7) is 0. The predicted octanol–water partition coefficient (Wildman–Crippen LogP) is 5.92. The molecule has 0 aliphatic heterocycles. The molecule has 1 nitrogen and oxygen atoms in total. The second-order valence-electron chi connectivity index (χ2n) is 6.14. The Morgan fingerprint density at radius 1 is 0.759 bits per heavy atom. The number of carbonyl (C=O) groups excluding carboxylic acids is 1. The lowest BCUT2D eigenvalue weighted by molar-refractivity contribution is 0.0384. The lowest BCUT2D eigenvalue weighted by Crippen LogP contribution is -2.26. The molecule has 3 rings (SSSR count). The third kappa shape index (κ3) is 5.20. The number of Topliss-reactive ketones (excluding diaryl/α,β-unsaturated/α-hetero) is 1. The smallest absolute Gasteiger partial charge is 0.287 e. The summed E-state index contributed by atoms with van der Waals surface area (Å²) in [7, 11) is 0. The molecular weight excluding hydrogens is 380 g/mol. The molecule has 0 N–H and O–H groups in total. The SMILES string of the molecule is O=C(c1ccccc1)C(F)(F)/C=C(/C#Cc1ccc(F)cc1)c1ccc(F)cc1. The molecule has 0 saturated heterocycles. The van der Waals surface area contributed by atoms with Crippen LogP contribution < -0.4 is 0 Å². The molecule has 3 aromatic carbocycles. The van der Waals surface area contributed by atoms with Gasteiger partial charge < -0.3 is 0 Å². The first-order valence-corrected chi connectivity index (χ1v) is 8.59. The van der Waals surface area contributed by atoms with Gasteiger partial charge in [0.1, 0.15) is 11.6 Å². The van der Waals surface area contributed by atoms with E-state index in [-0.39, 0.29) is 16.7 Å². The van der Waals surface area contributed by atoms with Gasteiger partial charge in [-0.2, -0.15) is 8.78 Å². The molecule has 0 fully saturated rings. The van der Waals surface area contributed by atoms with Gasteiger partial charge >= 0.3 is 5.92 Å². The summed E-state index contributed by atoms with van der Waals surface area (Å²) in [5.74, 6) is -0.943. The van der Waals surface area contributed by atoms with Crippen LogP contribution in [0.1, 0.15) is 21.5 Å². The summed E-state index contributed by atoms with van der Waals surface area (Å²) in [5.41, 5.74) is 0.334. The summed E-state index contributed by atoms with van der Waals surface area (Å²) in [6.07, 6.45) is 0.464. The van der Waals surface area contributed by atoms with Crippen LogP contribution >= 0.6 is 0 Å². The average Bonchev–Trinajstić information content (AvgIpc) is 2.73. The van der Waals surface area contributed by atoms with E-state index in [1.54, 1.807) is 6.07 Å². The number of allylic oxidation sites excluding steroid dienone is 2. The third-order valence-electron chi connectivity index (χ3n) is 4.01. The minimum Gasteiger partial charge on any atom is -0.287 e. The first-order valence-electron chi connectivity index (χ1n) is 8.59. The second-order valence-corrected chi connectivity index (χ2v) is 6.14. The van der Waals surface area contributed by atoms with Gasteiger partial charge in [0.2, 0.25) is 5.78 Å². The third-order valence-corrected chi connectivity index (χ3v) is 4.01. The summed E-state index contributed by atoms with van der Waals surface area (Å²) >= 11 is 0. The summed E-state index contributed by atoms with van der Waals surface area (Å²) < 4.78 is 55.6. The van der Waals surface area contributed by atoms with Crippen LogP contribution in [0, 0.1) is 23.5 Å². The van der Waals surface area contributed by atoms with E-state index in [9.17, 15) is 22.4 Å². The number of benzene rings is 3. The normalized spacial score (nSPS) is 11.5. The van der Waals surface area contributed by atoms with E-state index in [1.165, 1.54) is 60.7 Å². The molecule has 0 heterocycles. The van der Waals surface area contributed by atoms with Gasteiger partial charge in [0.25, 0.3) is 0 Å². The molecule has 5 heteroatoms. The number of alkyl halides is 2. The first kappa shape index (κ1) is 20.1. The molecule has 0 spiro atoms. The molecule has 144 valence electrons. The molecule has 0 amide bonds. The summed E-state index contributed by atoms with van der Waals surface area (Å²) in [5, 5.41) is 0. The largest absolute Gasteiger partial charge is 0.329 e. The van der Waals surface area contributed by atoms with Gasteiger partial charge in [-0.1, -0.05) is 54.3 Å². The van der Waals surface area contributed by atoms with E-state index in [4.69, 9.17) is 0 Å². The zero-order valence-electron chi connectivity index (χ0n) is 15.0. The maximum Gasteiger partial charge on any atom is 0.329 e. The number of hydrogen-bond acceptors (Lipinski definition) is 1. The van der Waals surface area contributed by atoms with Gasteiger partial charge in [-0.05, 0) is 42.0 Å². The Morgan fingerprint density at radius 2 is 1.31 bits per heavy atom. The predicted molar refractivity (Wildman–Crippen MR) is 103 cm³/mol. The standard InChI is InChI=1S/C24H14F4O/c25-21-12-7-17(8-13-21)6-9-20(18-10-14-22(26)15-11-18)16-24(27,28)23(29)19-4-2-1-3-5-19/h1-5,7-8,10-16H/b20-16-. The van der Waals surface area contributed by atoms with E-state index in [2.05, 4.69) is 11.8 Å². The van der Waals surface area contributed by atoms with Crippen LogP contribution in [-0.4, -0.2) is 11.7 Å². The molecule has 0 aliphatic carbocycles. The fourth-order valence-corrected chi connectivity index (χ4v) is 2.52. The van der Waals surface area contributed by atoms with Crippen LogP contribution in [0.4, 0.5) is 17.6 Å². The monoisotopic (exact) mass is 394 g/mol. The second kappa shape index (κ2) is 8.57. The van der Waals surface area contributed by atoms with Gasteiger partial charge in [0.15, 0.2) is 0 Å². The van der Waals surface area contributed by atoms with Crippen molar-refractivity contribution in [3.05, 3.63) is 113 Å². The van der Waals surface area contributed by atoms with E-state index < -0.39 is 23.3 Å². The van der Waals surface area contributed by atoms with Crippen LogP contribution in [0.15, 0.2) is 84.9 Å². The fraction of sp³-hybridized carbons (Fsp3) is 0.0417. The Kier molecular flexibility index (Phi) is 5.94. The highest BCUT2D eigenvalue weighted by Crippen LogP contribution is 2.27. The van der Waals surface area contributed by atoms with Gasteiger partial charge in [0.05, 0.1) is 0 Å². The Morgan fingerprint density at radius 3 is 1.90 bits per heavy atom. The Hall–Kier alpha value is -3.65. The Balaban J connectivity index is 2.03. The van der Waals surface area contributed by atoms with E-state index >= 15 is 0 Å². The maximum atomic E-state index is 14.7. The number of carbonyl (C=O) groups is 1. The number of halogens is 4. The number of ketones is 1. The van der Waals surface area contributed by atoms with Crippen LogP contribution in [0.5, 0.6) is 0 Å². The highest BCUT2D eigenvalue weighted by Gasteiger charge is 2.37. The van der Waals surface area contributed by atoms with Crippen molar-refractivity contribution in [3.63, 3.8) is 0 Å². The Labute approximate surface area is 165 Å². The molecule has 0 aromatic heterocycles. The quantitative estimate of drug-likeness (QED) is 0.305. The zero-order valence-corrected chi connectivity index (χ0v) is 15.0. The van der Waals surface area contributed by atoms with Crippen molar-refractivity contribution in [2.24, 2.45) is 0 Å². The molecule has 0 atom stereocenters. The van der Waals surface area contributed by atoms with Gasteiger partial charge in [-0.3, -0.25) is 4.79 Å². The van der Waals surface area contributed by atoms with Crippen molar-refractivity contribution in [2.45, 2.75) is 5.92 Å². The summed E-state index contributed by atoms with van der Waals surface area (Å²) in [4.78, 5) is 12.3. The van der Waals surface area contributed by atoms with E-state index in [0.717, 1.165) is 12.1 Å². The van der Waals surface area contributed by atoms with Gasteiger partial charge in [-0.25, -0.2) is 8.78 Å². The molecular formula is C24H14F4O. The van der Waals surface area contributed by atoms with Crippen molar-refractivity contribution >= 4 is 11.4 Å². The van der Waals surface area contributed by atoms with Gasteiger partial charge in [-0.15, -0.1) is 0 Å². The maximum absolute atomic E-state index is 14.7. The highest BCUT2D eigenvalue weighted by molar-refractivity contribution is 6.04. The molecule has 3 aromatic rings. The van der Waals surface area contributed by atoms with Crippen LogP contribution in [0.25, 0.3) is 5.57 Å². The van der Waals surface area contributed by atoms with Crippen molar-refractivity contribution in [1.82, 2.24) is 0 Å².